The molecule has 2 aromatic rings. The second kappa shape index (κ2) is 9.10. The molecule has 136 valence electrons. The van der Waals surface area contributed by atoms with Gasteiger partial charge in [-0.2, -0.15) is 0 Å². The van der Waals surface area contributed by atoms with E-state index in [1.807, 2.05) is 18.2 Å². The molecule has 1 saturated heterocycles. The summed E-state index contributed by atoms with van der Waals surface area (Å²) in [5, 5.41) is 9.90. The van der Waals surface area contributed by atoms with Gasteiger partial charge in [0.15, 0.2) is 5.16 Å². The monoisotopic (exact) mass is 362 g/mol. The van der Waals surface area contributed by atoms with E-state index in [-0.39, 0.29) is 0 Å². The molecule has 0 atom stereocenters. The van der Waals surface area contributed by atoms with Crippen LogP contribution in [0, 0.1) is 0 Å². The molecule has 6 nitrogen and oxygen atoms in total. The third kappa shape index (κ3) is 4.27. The number of nitrogens with zero attached hydrogens (tertiary/aromatic N) is 4. The number of benzene rings is 1. The topological polar surface area (TPSA) is 52.4 Å². The summed E-state index contributed by atoms with van der Waals surface area (Å²) in [5.74, 6) is 2.69. The molecule has 0 unspecified atom stereocenters. The third-order valence-corrected chi connectivity index (χ3v) is 5.32. The molecule has 0 N–H and O–H groups in total. The second-order valence-electron chi connectivity index (χ2n) is 6.03. The smallest absolute Gasteiger partial charge is 0.232 e. The van der Waals surface area contributed by atoms with Crippen LogP contribution in [0.5, 0.6) is 5.75 Å². The minimum Gasteiger partial charge on any atom is -0.495 e. The van der Waals surface area contributed by atoms with E-state index in [4.69, 9.17) is 9.47 Å². The SMILES string of the molecule is COCCCSc1nnc(N2CCCCC2)n1-c1ccccc1OC. The van der Waals surface area contributed by atoms with Crippen LogP contribution < -0.4 is 9.64 Å². The van der Waals surface area contributed by atoms with Crippen molar-refractivity contribution in [1.29, 1.82) is 0 Å². The lowest BCUT2D eigenvalue weighted by molar-refractivity contribution is 0.200. The van der Waals surface area contributed by atoms with Crippen molar-refractivity contribution in [3.8, 4) is 11.4 Å². The minimum atomic E-state index is 0.759. The fraction of sp³-hybridized carbons (Fsp3) is 0.556. The molecular formula is C18H26N4O2S. The Bertz CT molecular complexity index is 671. The molecule has 25 heavy (non-hydrogen) atoms. The molecule has 1 fully saturated rings. The summed E-state index contributed by atoms with van der Waals surface area (Å²) in [6, 6.07) is 8.05. The van der Waals surface area contributed by atoms with Gasteiger partial charge in [-0.05, 0) is 37.8 Å². The number of aromatic nitrogens is 3. The van der Waals surface area contributed by atoms with Crippen LogP contribution in [0.15, 0.2) is 29.4 Å². The number of para-hydroxylation sites is 2. The van der Waals surface area contributed by atoms with E-state index in [2.05, 4.69) is 25.7 Å². The first-order valence-electron chi connectivity index (χ1n) is 8.80. The number of hydrogen-bond donors (Lipinski definition) is 0. The second-order valence-corrected chi connectivity index (χ2v) is 7.09. The summed E-state index contributed by atoms with van der Waals surface area (Å²) in [5.41, 5.74) is 0.991. The van der Waals surface area contributed by atoms with Crippen LogP contribution in [0.3, 0.4) is 0 Å². The highest BCUT2D eigenvalue weighted by molar-refractivity contribution is 7.99. The quantitative estimate of drug-likeness (QED) is 0.530. The van der Waals surface area contributed by atoms with E-state index >= 15 is 0 Å². The summed E-state index contributed by atoms with van der Waals surface area (Å²) >= 11 is 1.71. The molecule has 1 aromatic carbocycles. The molecule has 1 aliphatic rings. The molecule has 0 bridgehead atoms. The number of ether oxygens (including phenoxy) is 2. The molecule has 0 radical (unpaired) electrons. The highest BCUT2D eigenvalue weighted by atomic mass is 32.2. The van der Waals surface area contributed by atoms with E-state index in [1.165, 1.54) is 19.3 Å². The fourth-order valence-corrected chi connectivity index (χ4v) is 3.90. The first-order valence-corrected chi connectivity index (χ1v) is 9.79. The molecule has 0 amide bonds. The summed E-state index contributed by atoms with van der Waals surface area (Å²) < 4.78 is 12.9. The number of rotatable bonds is 8. The van der Waals surface area contributed by atoms with Crippen molar-refractivity contribution in [2.45, 2.75) is 30.8 Å². The first-order chi connectivity index (χ1) is 12.3. The van der Waals surface area contributed by atoms with Gasteiger partial charge in [0, 0.05) is 32.6 Å². The van der Waals surface area contributed by atoms with Gasteiger partial charge in [-0.1, -0.05) is 23.9 Å². The van der Waals surface area contributed by atoms with Gasteiger partial charge in [-0.3, -0.25) is 4.57 Å². The molecular weight excluding hydrogens is 336 g/mol. The predicted octanol–water partition coefficient (Wildman–Crippen LogP) is 3.39. The zero-order valence-electron chi connectivity index (χ0n) is 15.0. The molecule has 0 spiro atoms. The van der Waals surface area contributed by atoms with Gasteiger partial charge in [-0.25, -0.2) is 0 Å². The van der Waals surface area contributed by atoms with Gasteiger partial charge in [0.1, 0.15) is 5.75 Å². The van der Waals surface area contributed by atoms with Crippen molar-refractivity contribution in [2.24, 2.45) is 0 Å². The zero-order valence-corrected chi connectivity index (χ0v) is 15.8. The van der Waals surface area contributed by atoms with Crippen LogP contribution in [-0.2, 0) is 4.74 Å². The highest BCUT2D eigenvalue weighted by Crippen LogP contribution is 2.32. The van der Waals surface area contributed by atoms with E-state index in [1.54, 1.807) is 26.0 Å². The van der Waals surface area contributed by atoms with Crippen LogP contribution in [0.4, 0.5) is 5.95 Å². The molecule has 0 saturated carbocycles. The Kier molecular flexibility index (Phi) is 6.58. The maximum atomic E-state index is 5.59. The standard InChI is InChI=1S/C18H26N4O2S/c1-23-13-8-14-25-18-20-19-17(21-11-6-3-7-12-21)22(18)15-9-4-5-10-16(15)24-2/h4-5,9-10H,3,6-8,11-14H2,1-2H3. The number of thioether (sulfide) groups is 1. The Morgan fingerprint density at radius 3 is 2.64 bits per heavy atom. The van der Waals surface area contributed by atoms with Crippen LogP contribution in [0.25, 0.3) is 5.69 Å². The van der Waals surface area contributed by atoms with E-state index in [0.29, 0.717) is 0 Å². The predicted molar refractivity (Wildman–Crippen MR) is 101 cm³/mol. The lowest BCUT2D eigenvalue weighted by atomic mass is 10.1. The third-order valence-electron chi connectivity index (χ3n) is 4.31. The molecule has 2 heterocycles. The molecule has 1 aliphatic heterocycles. The van der Waals surface area contributed by atoms with E-state index < -0.39 is 0 Å². The molecule has 3 rings (SSSR count). The number of hydrogen-bond acceptors (Lipinski definition) is 6. The average molecular weight is 362 g/mol. The first kappa shape index (κ1) is 18.1. The number of anilines is 1. The van der Waals surface area contributed by atoms with E-state index in [9.17, 15) is 0 Å². The lowest BCUT2D eigenvalue weighted by Crippen LogP contribution is -2.31. The van der Waals surface area contributed by atoms with Crippen molar-refractivity contribution >= 4 is 17.7 Å². The normalized spacial score (nSPS) is 14.7. The maximum absolute atomic E-state index is 5.59. The summed E-state index contributed by atoms with van der Waals surface area (Å²) in [4.78, 5) is 2.34. The number of methoxy groups -OCH3 is 2. The van der Waals surface area contributed by atoms with Crippen molar-refractivity contribution in [2.75, 3.05) is 44.6 Å². The van der Waals surface area contributed by atoms with Crippen molar-refractivity contribution < 1.29 is 9.47 Å². The summed E-state index contributed by atoms with van der Waals surface area (Å²) in [7, 11) is 3.44. The van der Waals surface area contributed by atoms with E-state index in [0.717, 1.165) is 54.4 Å². The van der Waals surface area contributed by atoms with Gasteiger partial charge in [-0.15, -0.1) is 10.2 Å². The average Bonchev–Trinajstić information content (AvgIpc) is 3.09. The lowest BCUT2D eigenvalue weighted by Gasteiger charge is -2.28. The highest BCUT2D eigenvalue weighted by Gasteiger charge is 2.23. The van der Waals surface area contributed by atoms with Gasteiger partial charge >= 0.3 is 0 Å². The Balaban J connectivity index is 1.94. The van der Waals surface area contributed by atoms with Gasteiger partial charge in [0.25, 0.3) is 0 Å². The van der Waals surface area contributed by atoms with Crippen LogP contribution in [-0.4, -0.2) is 54.4 Å². The fourth-order valence-electron chi connectivity index (χ4n) is 3.05. The van der Waals surface area contributed by atoms with Gasteiger partial charge in [0.05, 0.1) is 12.8 Å². The molecule has 1 aromatic heterocycles. The Morgan fingerprint density at radius 1 is 1.08 bits per heavy atom. The Labute approximate surface area is 153 Å². The van der Waals surface area contributed by atoms with Crippen LogP contribution in [0.2, 0.25) is 0 Å². The molecule has 0 aliphatic carbocycles. The zero-order chi connectivity index (χ0) is 17.5. The molecule has 7 heteroatoms. The van der Waals surface area contributed by atoms with Crippen LogP contribution >= 0.6 is 11.8 Å². The number of piperidine rings is 1. The summed E-state index contributed by atoms with van der Waals surface area (Å²) in [6.45, 7) is 2.82. The Morgan fingerprint density at radius 2 is 1.88 bits per heavy atom. The summed E-state index contributed by atoms with van der Waals surface area (Å²) in [6.07, 6.45) is 4.68. The Hall–Kier alpha value is -1.73. The minimum absolute atomic E-state index is 0.759. The van der Waals surface area contributed by atoms with Gasteiger partial charge < -0.3 is 14.4 Å². The maximum Gasteiger partial charge on any atom is 0.232 e. The van der Waals surface area contributed by atoms with Crippen LogP contribution in [0.1, 0.15) is 25.7 Å². The largest absolute Gasteiger partial charge is 0.495 e. The van der Waals surface area contributed by atoms with Crippen molar-refractivity contribution in [3.05, 3.63) is 24.3 Å². The van der Waals surface area contributed by atoms with Crippen molar-refractivity contribution in [1.82, 2.24) is 14.8 Å². The van der Waals surface area contributed by atoms with Crippen molar-refractivity contribution in [3.63, 3.8) is 0 Å². The van der Waals surface area contributed by atoms with Gasteiger partial charge in [0.2, 0.25) is 5.95 Å².